The first-order valence-corrected chi connectivity index (χ1v) is 5.96. The minimum absolute atomic E-state index is 0.103. The van der Waals surface area contributed by atoms with Gasteiger partial charge in [-0.25, -0.2) is 0 Å². The lowest BCUT2D eigenvalue weighted by Crippen LogP contribution is -2.40. The topological polar surface area (TPSA) is 26.3 Å². The molecule has 84 valence electrons. The second-order valence-electron chi connectivity index (χ2n) is 5.06. The molecule has 0 aromatic rings. The maximum absolute atomic E-state index is 12.1. The standard InChI is InChI=1S/C13H20O2/c1-4-8-15-12-10-6-5-7-13(12,3)11(14)9(10)2/h10,12H,2,4-8H2,1,3H3. The number of hydrogen-bond acceptors (Lipinski definition) is 2. The smallest absolute Gasteiger partial charge is 0.167 e. The molecule has 0 heterocycles. The van der Waals surface area contributed by atoms with Crippen LogP contribution in [0.1, 0.15) is 39.5 Å². The Bertz CT molecular complexity index is 295. The maximum Gasteiger partial charge on any atom is 0.167 e. The van der Waals surface area contributed by atoms with Crippen molar-refractivity contribution in [2.45, 2.75) is 45.6 Å². The number of Topliss-reactive ketones (excluding diaryl/α,β-unsaturated/α-hetero) is 1. The fourth-order valence-corrected chi connectivity index (χ4v) is 3.11. The Morgan fingerprint density at radius 2 is 2.33 bits per heavy atom. The van der Waals surface area contributed by atoms with Gasteiger partial charge in [-0.05, 0) is 31.8 Å². The lowest BCUT2D eigenvalue weighted by molar-refractivity contribution is -0.131. The molecule has 2 nitrogen and oxygen atoms in total. The molecule has 0 spiro atoms. The molecule has 0 N–H and O–H groups in total. The van der Waals surface area contributed by atoms with Crippen LogP contribution in [-0.2, 0) is 9.53 Å². The Morgan fingerprint density at radius 1 is 1.60 bits per heavy atom. The molecule has 2 aliphatic carbocycles. The lowest BCUT2D eigenvalue weighted by atomic mass is 9.74. The highest BCUT2D eigenvalue weighted by atomic mass is 16.5. The van der Waals surface area contributed by atoms with Crippen LogP contribution in [0.3, 0.4) is 0 Å². The van der Waals surface area contributed by atoms with Gasteiger partial charge in [-0.1, -0.05) is 19.9 Å². The molecule has 15 heavy (non-hydrogen) atoms. The zero-order chi connectivity index (χ0) is 11.1. The Kier molecular flexibility index (Phi) is 2.72. The van der Waals surface area contributed by atoms with Gasteiger partial charge in [0.1, 0.15) is 0 Å². The summed E-state index contributed by atoms with van der Waals surface area (Å²) < 4.78 is 5.88. The molecule has 2 aliphatic rings. The molecule has 0 aromatic heterocycles. The first kappa shape index (κ1) is 10.9. The molecule has 3 atom stereocenters. The number of ketones is 1. The van der Waals surface area contributed by atoms with E-state index in [1.165, 1.54) is 0 Å². The minimum Gasteiger partial charge on any atom is -0.377 e. The van der Waals surface area contributed by atoms with Crippen LogP contribution in [0.4, 0.5) is 0 Å². The highest BCUT2D eigenvalue weighted by Gasteiger charge is 2.56. The predicted octanol–water partition coefficient (Wildman–Crippen LogP) is 2.73. The fraction of sp³-hybridized carbons (Fsp3) is 0.769. The van der Waals surface area contributed by atoms with E-state index in [4.69, 9.17) is 4.74 Å². The SMILES string of the molecule is C=C1C(=O)C2(C)CCCC1C2OCCC. The van der Waals surface area contributed by atoms with Gasteiger partial charge in [0.25, 0.3) is 0 Å². The van der Waals surface area contributed by atoms with E-state index in [2.05, 4.69) is 20.4 Å². The summed E-state index contributed by atoms with van der Waals surface area (Å²) in [5.41, 5.74) is 0.547. The van der Waals surface area contributed by atoms with Crippen LogP contribution in [0.2, 0.25) is 0 Å². The summed E-state index contributed by atoms with van der Waals surface area (Å²) in [6.45, 7) is 8.87. The van der Waals surface area contributed by atoms with E-state index >= 15 is 0 Å². The molecular weight excluding hydrogens is 188 g/mol. The average molecular weight is 208 g/mol. The third-order valence-corrected chi connectivity index (χ3v) is 3.96. The first-order chi connectivity index (χ1) is 7.11. The Morgan fingerprint density at radius 3 is 2.93 bits per heavy atom. The van der Waals surface area contributed by atoms with Crippen molar-refractivity contribution in [1.29, 1.82) is 0 Å². The predicted molar refractivity (Wildman–Crippen MR) is 59.6 cm³/mol. The molecule has 2 heteroatoms. The normalized spacial score (nSPS) is 39.9. The van der Waals surface area contributed by atoms with Crippen molar-refractivity contribution < 1.29 is 9.53 Å². The molecule has 0 radical (unpaired) electrons. The molecule has 3 unspecified atom stereocenters. The Labute approximate surface area is 91.7 Å². The van der Waals surface area contributed by atoms with Crippen molar-refractivity contribution in [2.24, 2.45) is 11.3 Å². The lowest BCUT2D eigenvalue weighted by Gasteiger charge is -2.36. The number of carbonyl (C=O) groups excluding carboxylic acids is 1. The summed E-state index contributed by atoms with van der Waals surface area (Å²) in [6.07, 6.45) is 4.30. The zero-order valence-corrected chi connectivity index (χ0v) is 9.71. The maximum atomic E-state index is 12.1. The van der Waals surface area contributed by atoms with Gasteiger partial charge in [0.05, 0.1) is 11.5 Å². The molecule has 2 rings (SSSR count). The minimum atomic E-state index is -0.269. The van der Waals surface area contributed by atoms with E-state index in [9.17, 15) is 4.79 Å². The van der Waals surface area contributed by atoms with E-state index in [1.54, 1.807) is 0 Å². The van der Waals surface area contributed by atoms with Crippen LogP contribution in [0, 0.1) is 11.3 Å². The van der Waals surface area contributed by atoms with Crippen molar-refractivity contribution in [3.63, 3.8) is 0 Å². The number of rotatable bonds is 3. The molecule has 0 saturated heterocycles. The van der Waals surface area contributed by atoms with E-state index < -0.39 is 0 Å². The van der Waals surface area contributed by atoms with Crippen LogP contribution in [0.5, 0.6) is 0 Å². The third-order valence-electron chi connectivity index (χ3n) is 3.96. The molecule has 0 aromatic carbocycles. The Hall–Kier alpha value is -0.630. The summed E-state index contributed by atoms with van der Waals surface area (Å²) in [5, 5.41) is 0. The van der Waals surface area contributed by atoms with E-state index in [0.29, 0.717) is 5.92 Å². The van der Waals surface area contributed by atoms with Gasteiger partial charge in [0, 0.05) is 12.5 Å². The third kappa shape index (κ3) is 1.46. The largest absolute Gasteiger partial charge is 0.377 e. The van der Waals surface area contributed by atoms with Gasteiger partial charge in [-0.15, -0.1) is 0 Å². The van der Waals surface area contributed by atoms with Gasteiger partial charge >= 0.3 is 0 Å². The molecule has 0 amide bonds. The van der Waals surface area contributed by atoms with Gasteiger partial charge in [0.2, 0.25) is 0 Å². The van der Waals surface area contributed by atoms with Crippen molar-refractivity contribution in [1.82, 2.24) is 0 Å². The Balaban J connectivity index is 2.23. The van der Waals surface area contributed by atoms with Crippen LogP contribution >= 0.6 is 0 Å². The number of fused-ring (bicyclic) bond motifs is 2. The highest BCUT2D eigenvalue weighted by Crippen LogP contribution is 2.52. The van der Waals surface area contributed by atoms with Crippen molar-refractivity contribution in [2.75, 3.05) is 6.61 Å². The van der Waals surface area contributed by atoms with Gasteiger partial charge < -0.3 is 4.74 Å². The molecule has 2 bridgehead atoms. The van der Waals surface area contributed by atoms with Gasteiger partial charge in [0.15, 0.2) is 5.78 Å². The quantitative estimate of drug-likeness (QED) is 0.667. The second-order valence-corrected chi connectivity index (χ2v) is 5.06. The monoisotopic (exact) mass is 208 g/mol. The number of carbonyl (C=O) groups is 1. The summed E-state index contributed by atoms with van der Waals surface area (Å²) >= 11 is 0. The summed E-state index contributed by atoms with van der Waals surface area (Å²) in [7, 11) is 0. The van der Waals surface area contributed by atoms with Crippen LogP contribution in [0.25, 0.3) is 0 Å². The zero-order valence-electron chi connectivity index (χ0n) is 9.71. The van der Waals surface area contributed by atoms with E-state index in [1.807, 2.05) is 0 Å². The van der Waals surface area contributed by atoms with E-state index in [-0.39, 0.29) is 17.3 Å². The molecule has 0 aliphatic heterocycles. The molecular formula is C13H20O2. The number of hydrogen-bond donors (Lipinski definition) is 0. The van der Waals surface area contributed by atoms with E-state index in [0.717, 1.165) is 37.9 Å². The van der Waals surface area contributed by atoms with Crippen molar-refractivity contribution in [3.8, 4) is 0 Å². The first-order valence-electron chi connectivity index (χ1n) is 5.96. The van der Waals surface area contributed by atoms with Crippen molar-refractivity contribution in [3.05, 3.63) is 12.2 Å². The van der Waals surface area contributed by atoms with Gasteiger partial charge in [-0.3, -0.25) is 4.79 Å². The summed E-state index contributed by atoms with van der Waals surface area (Å²) in [6, 6.07) is 0. The highest BCUT2D eigenvalue weighted by molar-refractivity contribution is 6.03. The van der Waals surface area contributed by atoms with Crippen LogP contribution in [0.15, 0.2) is 12.2 Å². The van der Waals surface area contributed by atoms with Crippen molar-refractivity contribution >= 4 is 5.78 Å². The van der Waals surface area contributed by atoms with Crippen LogP contribution in [-0.4, -0.2) is 18.5 Å². The number of ether oxygens (including phenoxy) is 1. The van der Waals surface area contributed by atoms with Crippen LogP contribution < -0.4 is 0 Å². The molecule has 2 fully saturated rings. The summed E-state index contributed by atoms with van der Waals surface area (Å²) in [4.78, 5) is 12.1. The fourth-order valence-electron chi connectivity index (χ4n) is 3.11. The average Bonchev–Trinajstić information content (AvgIpc) is 2.34. The van der Waals surface area contributed by atoms with Gasteiger partial charge in [-0.2, -0.15) is 0 Å². The second kappa shape index (κ2) is 3.75. The molecule has 2 saturated carbocycles. The summed E-state index contributed by atoms with van der Waals surface area (Å²) in [5.74, 6) is 0.550.